The maximum absolute atomic E-state index is 12.0. The van der Waals surface area contributed by atoms with E-state index in [-0.39, 0.29) is 23.2 Å². The molecule has 0 fully saturated rings. The Balaban J connectivity index is 1.58. The van der Waals surface area contributed by atoms with Gasteiger partial charge in [-0.1, -0.05) is 44.7 Å². The van der Waals surface area contributed by atoms with E-state index in [1.54, 1.807) is 6.20 Å². The molecule has 2 heterocycles. The molecule has 0 unspecified atom stereocenters. The Morgan fingerprint density at radius 2 is 2.00 bits per heavy atom. The van der Waals surface area contributed by atoms with Crippen LogP contribution in [0.5, 0.6) is 5.75 Å². The molecule has 3 rings (SSSR count). The number of rotatable bonds is 7. The lowest BCUT2D eigenvalue weighted by Crippen LogP contribution is -2.14. The van der Waals surface area contributed by atoms with E-state index in [0.29, 0.717) is 16.1 Å². The molecule has 1 aromatic carbocycles. The third-order valence-corrected chi connectivity index (χ3v) is 5.99. The molecule has 3 aromatic rings. The standard InChI is InChI=1S/C20H25N5O2S2/c1-13(27-15-8-6-14(7-9-15)20(2,3)4)17-23-24-19(25(17)5)29-12-16(26)22-18-21-10-11-28-18/h6-11,13H,12H2,1-5H3,(H,21,22,26)/t13-/m1/s1. The van der Waals surface area contributed by atoms with Gasteiger partial charge < -0.3 is 14.6 Å². The van der Waals surface area contributed by atoms with Crippen LogP contribution in [0.2, 0.25) is 0 Å². The highest BCUT2D eigenvalue weighted by Crippen LogP contribution is 2.27. The predicted molar refractivity (Wildman–Crippen MR) is 117 cm³/mol. The van der Waals surface area contributed by atoms with Crippen molar-refractivity contribution in [3.05, 3.63) is 47.2 Å². The molecule has 1 amide bonds. The molecule has 9 heteroatoms. The summed E-state index contributed by atoms with van der Waals surface area (Å²) in [4.78, 5) is 16.1. The van der Waals surface area contributed by atoms with E-state index in [0.717, 1.165) is 5.75 Å². The smallest absolute Gasteiger partial charge is 0.236 e. The summed E-state index contributed by atoms with van der Waals surface area (Å²) in [5, 5.41) is 14.3. The van der Waals surface area contributed by atoms with Crippen LogP contribution in [0.1, 0.15) is 45.2 Å². The lowest BCUT2D eigenvalue weighted by molar-refractivity contribution is -0.113. The number of carbonyl (C=O) groups is 1. The minimum atomic E-state index is -0.272. The largest absolute Gasteiger partial charge is 0.483 e. The third-order valence-electron chi connectivity index (χ3n) is 4.28. The van der Waals surface area contributed by atoms with Crippen LogP contribution in [0.15, 0.2) is 41.0 Å². The van der Waals surface area contributed by atoms with Gasteiger partial charge in [0, 0.05) is 18.6 Å². The average Bonchev–Trinajstić information content (AvgIpc) is 3.29. The van der Waals surface area contributed by atoms with Gasteiger partial charge in [0.25, 0.3) is 0 Å². The van der Waals surface area contributed by atoms with E-state index in [2.05, 4.69) is 53.4 Å². The van der Waals surface area contributed by atoms with E-state index in [1.807, 2.05) is 36.1 Å². The first kappa shape index (κ1) is 21.3. The summed E-state index contributed by atoms with van der Waals surface area (Å²) in [5.74, 6) is 1.59. The Hall–Kier alpha value is -2.39. The fraction of sp³-hybridized carbons (Fsp3) is 0.400. The average molecular weight is 432 g/mol. The van der Waals surface area contributed by atoms with Crippen molar-refractivity contribution < 1.29 is 9.53 Å². The molecule has 2 aromatic heterocycles. The van der Waals surface area contributed by atoms with Gasteiger partial charge >= 0.3 is 0 Å². The number of anilines is 1. The van der Waals surface area contributed by atoms with Crippen molar-refractivity contribution >= 4 is 34.1 Å². The number of nitrogens with one attached hydrogen (secondary N) is 1. The summed E-state index contributed by atoms with van der Waals surface area (Å²) in [6.07, 6.45) is 1.38. The van der Waals surface area contributed by atoms with Gasteiger partial charge in [0.1, 0.15) is 5.75 Å². The molecule has 154 valence electrons. The van der Waals surface area contributed by atoms with Crippen LogP contribution in [0.4, 0.5) is 5.13 Å². The highest BCUT2D eigenvalue weighted by atomic mass is 32.2. The number of hydrogen-bond acceptors (Lipinski definition) is 7. The van der Waals surface area contributed by atoms with Gasteiger partial charge in [-0.25, -0.2) is 4.98 Å². The number of thioether (sulfide) groups is 1. The van der Waals surface area contributed by atoms with Crippen LogP contribution in [0.25, 0.3) is 0 Å². The highest BCUT2D eigenvalue weighted by molar-refractivity contribution is 7.99. The number of ether oxygens (including phenoxy) is 1. The van der Waals surface area contributed by atoms with E-state index in [4.69, 9.17) is 4.74 Å². The Labute approximate surface area is 178 Å². The first-order chi connectivity index (χ1) is 13.7. The second-order valence-electron chi connectivity index (χ2n) is 7.61. The molecule has 0 aliphatic heterocycles. The molecule has 0 aliphatic rings. The Morgan fingerprint density at radius 3 is 2.62 bits per heavy atom. The number of thiazole rings is 1. The second kappa shape index (κ2) is 8.96. The molecule has 0 radical (unpaired) electrons. The van der Waals surface area contributed by atoms with Gasteiger partial charge in [0.2, 0.25) is 5.91 Å². The molecular formula is C20H25N5O2S2. The number of nitrogens with zero attached hydrogens (tertiary/aromatic N) is 4. The lowest BCUT2D eigenvalue weighted by atomic mass is 9.87. The van der Waals surface area contributed by atoms with Gasteiger partial charge in [-0.05, 0) is 30.0 Å². The van der Waals surface area contributed by atoms with E-state index < -0.39 is 0 Å². The number of carbonyl (C=O) groups excluding carboxylic acids is 1. The zero-order chi connectivity index (χ0) is 21.0. The quantitative estimate of drug-likeness (QED) is 0.557. The first-order valence-corrected chi connectivity index (χ1v) is 11.1. The summed E-state index contributed by atoms with van der Waals surface area (Å²) >= 11 is 2.71. The second-order valence-corrected chi connectivity index (χ2v) is 9.45. The van der Waals surface area contributed by atoms with Crippen molar-refractivity contribution in [2.45, 2.75) is 44.4 Å². The maximum atomic E-state index is 12.0. The molecule has 7 nitrogen and oxygen atoms in total. The van der Waals surface area contributed by atoms with Crippen molar-refractivity contribution in [2.75, 3.05) is 11.1 Å². The van der Waals surface area contributed by atoms with Crippen molar-refractivity contribution in [3.63, 3.8) is 0 Å². The van der Waals surface area contributed by atoms with Gasteiger partial charge in [-0.3, -0.25) is 4.79 Å². The zero-order valence-electron chi connectivity index (χ0n) is 17.2. The van der Waals surface area contributed by atoms with Crippen LogP contribution in [0, 0.1) is 0 Å². The Bertz CT molecular complexity index is 946. The number of hydrogen-bond donors (Lipinski definition) is 1. The molecule has 0 spiro atoms. The van der Waals surface area contributed by atoms with Crippen LogP contribution in [-0.2, 0) is 17.3 Å². The summed E-state index contributed by atoms with van der Waals surface area (Å²) < 4.78 is 7.90. The van der Waals surface area contributed by atoms with E-state index in [9.17, 15) is 4.79 Å². The van der Waals surface area contributed by atoms with Crippen LogP contribution in [-0.4, -0.2) is 31.4 Å². The topological polar surface area (TPSA) is 81.9 Å². The summed E-state index contributed by atoms with van der Waals surface area (Å²) in [6.45, 7) is 8.48. The van der Waals surface area contributed by atoms with E-state index >= 15 is 0 Å². The van der Waals surface area contributed by atoms with Crippen LogP contribution < -0.4 is 10.1 Å². The minimum Gasteiger partial charge on any atom is -0.483 e. The molecule has 0 bridgehead atoms. The van der Waals surface area contributed by atoms with Crippen LogP contribution in [0.3, 0.4) is 0 Å². The Morgan fingerprint density at radius 1 is 1.28 bits per heavy atom. The summed E-state index contributed by atoms with van der Waals surface area (Å²) in [7, 11) is 1.87. The van der Waals surface area contributed by atoms with Crippen molar-refractivity contribution in [3.8, 4) is 5.75 Å². The number of aromatic nitrogens is 4. The monoisotopic (exact) mass is 431 g/mol. The first-order valence-electron chi connectivity index (χ1n) is 9.22. The molecular weight excluding hydrogens is 406 g/mol. The number of benzene rings is 1. The third kappa shape index (κ3) is 5.57. The highest BCUT2D eigenvalue weighted by Gasteiger charge is 2.19. The van der Waals surface area contributed by atoms with Crippen LogP contribution >= 0.6 is 23.1 Å². The van der Waals surface area contributed by atoms with E-state index in [1.165, 1.54) is 28.7 Å². The predicted octanol–water partition coefficient (Wildman–Crippen LogP) is 4.44. The number of amides is 1. The van der Waals surface area contributed by atoms with Crippen molar-refractivity contribution in [1.29, 1.82) is 0 Å². The van der Waals surface area contributed by atoms with Gasteiger partial charge in [0.15, 0.2) is 22.2 Å². The maximum Gasteiger partial charge on any atom is 0.236 e. The summed E-state index contributed by atoms with van der Waals surface area (Å²) in [5.41, 5.74) is 1.36. The summed E-state index contributed by atoms with van der Waals surface area (Å²) in [6, 6.07) is 8.13. The molecule has 1 atom stereocenters. The van der Waals surface area contributed by atoms with Gasteiger partial charge in [-0.15, -0.1) is 21.5 Å². The van der Waals surface area contributed by atoms with Crippen molar-refractivity contribution in [1.82, 2.24) is 19.7 Å². The minimum absolute atomic E-state index is 0.103. The Kier molecular flexibility index (Phi) is 6.59. The molecule has 0 saturated heterocycles. The molecule has 29 heavy (non-hydrogen) atoms. The molecule has 0 aliphatic carbocycles. The fourth-order valence-electron chi connectivity index (χ4n) is 2.67. The normalized spacial score (nSPS) is 12.6. The lowest BCUT2D eigenvalue weighted by Gasteiger charge is -2.20. The van der Waals surface area contributed by atoms with Crippen molar-refractivity contribution in [2.24, 2.45) is 7.05 Å². The molecule has 1 N–H and O–H groups in total. The fourth-order valence-corrected chi connectivity index (χ4v) is 3.93. The van der Waals surface area contributed by atoms with Gasteiger partial charge in [-0.2, -0.15) is 0 Å². The molecule has 0 saturated carbocycles. The SMILES string of the molecule is C[C@@H](Oc1ccc(C(C)(C)C)cc1)c1nnc(SCC(=O)Nc2nccs2)n1C. The zero-order valence-corrected chi connectivity index (χ0v) is 18.8. The van der Waals surface area contributed by atoms with Gasteiger partial charge in [0.05, 0.1) is 5.75 Å².